The van der Waals surface area contributed by atoms with E-state index in [0.29, 0.717) is 5.11 Å². The van der Waals surface area contributed by atoms with E-state index in [4.69, 9.17) is 12.2 Å². The molecule has 0 amide bonds. The highest BCUT2D eigenvalue weighted by Gasteiger charge is 2.05. The molecule has 0 spiro atoms. The summed E-state index contributed by atoms with van der Waals surface area (Å²) in [6.07, 6.45) is 0. The molecule has 0 bridgehead atoms. The molecule has 0 aliphatic rings. The highest BCUT2D eigenvalue weighted by Crippen LogP contribution is 2.21. The van der Waals surface area contributed by atoms with E-state index in [9.17, 15) is 0 Å². The number of hydrogen-bond acceptors (Lipinski definition) is 2. The maximum Gasteiger partial charge on any atom is 0.189 e. The number of rotatable bonds is 4. The van der Waals surface area contributed by atoms with E-state index in [2.05, 4.69) is 58.6 Å². The Labute approximate surface area is 144 Å². The first-order valence-corrected chi connectivity index (χ1v) is 8.02. The first kappa shape index (κ1) is 16.5. The minimum Gasteiger partial charge on any atom is -0.331 e. The van der Waals surface area contributed by atoms with Crippen molar-refractivity contribution in [1.29, 1.82) is 0 Å². The van der Waals surface area contributed by atoms with E-state index in [-0.39, 0.29) is 0 Å². The summed E-state index contributed by atoms with van der Waals surface area (Å²) >= 11 is 8.80. The number of hydrazine groups is 1. The van der Waals surface area contributed by atoms with Crippen molar-refractivity contribution in [2.24, 2.45) is 0 Å². The lowest BCUT2D eigenvalue weighted by Gasteiger charge is -2.16. The van der Waals surface area contributed by atoms with Crippen molar-refractivity contribution in [2.75, 3.05) is 5.32 Å². The van der Waals surface area contributed by atoms with Gasteiger partial charge in [-0.15, -0.1) is 0 Å². The van der Waals surface area contributed by atoms with Gasteiger partial charge in [-0.25, -0.2) is 0 Å². The van der Waals surface area contributed by atoms with Crippen LogP contribution in [0.15, 0.2) is 53.5 Å². The second-order valence-electron chi connectivity index (χ2n) is 4.91. The van der Waals surface area contributed by atoms with Gasteiger partial charge in [-0.3, -0.25) is 10.9 Å². The van der Waals surface area contributed by atoms with Crippen molar-refractivity contribution in [3.63, 3.8) is 0 Å². The third-order valence-corrected chi connectivity index (χ3v) is 4.27. The lowest BCUT2D eigenvalue weighted by atomic mass is 10.1. The quantitative estimate of drug-likeness (QED) is 0.541. The SMILES string of the molecule is C=C(NNC(=S)Nc1cccc(C)c1C)c1ccccc1Br. The number of hydrogen-bond donors (Lipinski definition) is 3. The number of halogens is 1. The highest BCUT2D eigenvalue weighted by atomic mass is 79.9. The van der Waals surface area contributed by atoms with Gasteiger partial charge in [0.25, 0.3) is 0 Å². The van der Waals surface area contributed by atoms with Crippen molar-refractivity contribution in [1.82, 2.24) is 10.9 Å². The van der Waals surface area contributed by atoms with Crippen LogP contribution in [-0.4, -0.2) is 5.11 Å². The molecule has 0 aliphatic carbocycles. The van der Waals surface area contributed by atoms with Crippen LogP contribution in [0.5, 0.6) is 0 Å². The Balaban J connectivity index is 1.95. The fourth-order valence-electron chi connectivity index (χ4n) is 1.95. The van der Waals surface area contributed by atoms with Gasteiger partial charge in [0.2, 0.25) is 0 Å². The molecule has 22 heavy (non-hydrogen) atoms. The van der Waals surface area contributed by atoms with Crippen LogP contribution in [0.4, 0.5) is 5.69 Å². The Kier molecular flexibility index (Phi) is 5.57. The Morgan fingerprint density at radius 2 is 1.77 bits per heavy atom. The van der Waals surface area contributed by atoms with Crippen LogP contribution < -0.4 is 16.2 Å². The van der Waals surface area contributed by atoms with Gasteiger partial charge in [0.1, 0.15) is 0 Å². The first-order valence-electron chi connectivity index (χ1n) is 6.82. The van der Waals surface area contributed by atoms with Crippen LogP contribution in [0.1, 0.15) is 16.7 Å². The standard InChI is InChI=1S/C17H18BrN3S/c1-11-7-6-10-16(12(11)2)19-17(22)21-20-13(3)14-8-4-5-9-15(14)18/h4-10,20H,3H2,1-2H3,(H2,19,21,22). The maximum absolute atomic E-state index is 5.30. The third kappa shape index (κ3) is 4.08. The monoisotopic (exact) mass is 375 g/mol. The number of aryl methyl sites for hydroxylation is 1. The van der Waals surface area contributed by atoms with Gasteiger partial charge in [0.15, 0.2) is 5.11 Å². The van der Waals surface area contributed by atoms with Crippen molar-refractivity contribution in [2.45, 2.75) is 13.8 Å². The van der Waals surface area contributed by atoms with Gasteiger partial charge in [-0.05, 0) is 49.3 Å². The summed E-state index contributed by atoms with van der Waals surface area (Å²) in [4.78, 5) is 0. The van der Waals surface area contributed by atoms with Crippen LogP contribution in [0.25, 0.3) is 5.70 Å². The van der Waals surface area contributed by atoms with Gasteiger partial charge in [0.05, 0.1) is 5.70 Å². The molecule has 0 unspecified atom stereocenters. The molecule has 0 aromatic heterocycles. The Hall–Kier alpha value is -1.85. The molecule has 0 heterocycles. The van der Waals surface area contributed by atoms with Crippen LogP contribution in [0.3, 0.4) is 0 Å². The molecule has 114 valence electrons. The fourth-order valence-corrected chi connectivity index (χ4v) is 2.63. The van der Waals surface area contributed by atoms with Gasteiger partial charge >= 0.3 is 0 Å². The van der Waals surface area contributed by atoms with Crippen molar-refractivity contribution < 1.29 is 0 Å². The molecule has 0 saturated heterocycles. The summed E-state index contributed by atoms with van der Waals surface area (Å²) in [5.41, 5.74) is 11.1. The highest BCUT2D eigenvalue weighted by molar-refractivity contribution is 9.10. The number of anilines is 1. The van der Waals surface area contributed by atoms with E-state index in [0.717, 1.165) is 21.4 Å². The lowest BCUT2D eigenvalue weighted by molar-refractivity contribution is 0.850. The average Bonchev–Trinajstić information content (AvgIpc) is 2.50. The van der Waals surface area contributed by atoms with Gasteiger partial charge in [-0.1, -0.05) is 52.8 Å². The largest absolute Gasteiger partial charge is 0.331 e. The summed E-state index contributed by atoms with van der Waals surface area (Å²) in [7, 11) is 0. The number of benzene rings is 2. The van der Waals surface area contributed by atoms with E-state index < -0.39 is 0 Å². The first-order chi connectivity index (χ1) is 10.5. The zero-order valence-electron chi connectivity index (χ0n) is 12.5. The van der Waals surface area contributed by atoms with Gasteiger partial charge in [0, 0.05) is 15.7 Å². The smallest absolute Gasteiger partial charge is 0.189 e. The summed E-state index contributed by atoms with van der Waals surface area (Å²) in [6, 6.07) is 13.9. The number of nitrogens with one attached hydrogen (secondary N) is 3. The molecule has 2 aromatic carbocycles. The normalized spacial score (nSPS) is 9.95. The summed E-state index contributed by atoms with van der Waals surface area (Å²) < 4.78 is 0.975. The summed E-state index contributed by atoms with van der Waals surface area (Å²) in [5.74, 6) is 0. The molecule has 0 radical (unpaired) electrons. The Bertz CT molecular complexity index is 713. The molecular formula is C17H18BrN3S. The fraction of sp³-hybridized carbons (Fsp3) is 0.118. The zero-order chi connectivity index (χ0) is 16.1. The molecule has 3 N–H and O–H groups in total. The predicted molar refractivity (Wildman–Crippen MR) is 102 cm³/mol. The predicted octanol–water partition coefficient (Wildman–Crippen LogP) is 4.53. The van der Waals surface area contributed by atoms with Crippen LogP contribution >= 0.6 is 28.1 Å². The van der Waals surface area contributed by atoms with Crippen molar-refractivity contribution >= 4 is 44.6 Å². The topological polar surface area (TPSA) is 36.1 Å². The Morgan fingerprint density at radius 3 is 2.50 bits per heavy atom. The molecule has 0 saturated carbocycles. The second kappa shape index (κ2) is 7.42. The van der Waals surface area contributed by atoms with Crippen molar-refractivity contribution in [3.8, 4) is 0 Å². The van der Waals surface area contributed by atoms with E-state index >= 15 is 0 Å². The summed E-state index contributed by atoms with van der Waals surface area (Å²) in [5, 5.41) is 3.67. The minimum atomic E-state index is 0.488. The molecular weight excluding hydrogens is 358 g/mol. The van der Waals surface area contributed by atoms with E-state index in [1.54, 1.807) is 0 Å². The average molecular weight is 376 g/mol. The Morgan fingerprint density at radius 1 is 1.05 bits per heavy atom. The molecule has 3 nitrogen and oxygen atoms in total. The lowest BCUT2D eigenvalue weighted by Crippen LogP contribution is -2.39. The molecule has 2 aromatic rings. The molecule has 0 atom stereocenters. The molecule has 2 rings (SSSR count). The van der Waals surface area contributed by atoms with E-state index in [1.165, 1.54) is 11.1 Å². The van der Waals surface area contributed by atoms with Crippen LogP contribution in [0, 0.1) is 13.8 Å². The number of thiocarbonyl (C=S) groups is 1. The van der Waals surface area contributed by atoms with Gasteiger partial charge < -0.3 is 5.32 Å². The van der Waals surface area contributed by atoms with Gasteiger partial charge in [-0.2, -0.15) is 0 Å². The minimum absolute atomic E-state index is 0.488. The van der Waals surface area contributed by atoms with Crippen LogP contribution in [-0.2, 0) is 0 Å². The molecule has 5 heteroatoms. The molecule has 0 fully saturated rings. The van der Waals surface area contributed by atoms with Crippen LogP contribution in [0.2, 0.25) is 0 Å². The van der Waals surface area contributed by atoms with Crippen molar-refractivity contribution in [3.05, 3.63) is 70.2 Å². The second-order valence-corrected chi connectivity index (χ2v) is 6.17. The zero-order valence-corrected chi connectivity index (χ0v) is 14.9. The van der Waals surface area contributed by atoms with E-state index in [1.807, 2.05) is 36.4 Å². The molecule has 0 aliphatic heterocycles. The summed E-state index contributed by atoms with van der Waals surface area (Å²) in [6.45, 7) is 8.14. The third-order valence-electron chi connectivity index (χ3n) is 3.38. The maximum atomic E-state index is 5.30.